The lowest BCUT2D eigenvalue weighted by Gasteiger charge is -2.36. The zero-order valence-corrected chi connectivity index (χ0v) is 12.7. The van der Waals surface area contributed by atoms with Crippen molar-refractivity contribution < 1.29 is 9.53 Å². The molecule has 4 heteroatoms. The number of amides is 1. The number of ether oxygens (including phenoxy) is 1. The van der Waals surface area contributed by atoms with Gasteiger partial charge in [-0.05, 0) is 32.1 Å². The molecule has 0 aromatic carbocycles. The van der Waals surface area contributed by atoms with Crippen molar-refractivity contribution in [2.75, 3.05) is 19.6 Å². The van der Waals surface area contributed by atoms with Crippen LogP contribution in [0.2, 0.25) is 0 Å². The van der Waals surface area contributed by atoms with E-state index >= 15 is 0 Å². The fraction of sp³-hybridized carbons (Fsp3) is 0.933. The van der Waals surface area contributed by atoms with Crippen LogP contribution < -0.4 is 5.32 Å². The molecule has 4 nitrogen and oxygen atoms in total. The molecule has 1 aliphatic carbocycles. The predicted octanol–water partition coefficient (Wildman–Crippen LogP) is 1.79. The topological polar surface area (TPSA) is 41.6 Å². The van der Waals surface area contributed by atoms with Crippen molar-refractivity contribution >= 4 is 5.91 Å². The van der Waals surface area contributed by atoms with Gasteiger partial charge in [-0.1, -0.05) is 20.3 Å². The van der Waals surface area contributed by atoms with E-state index in [-0.39, 0.29) is 18.1 Å². The molecular weight excluding hydrogens is 240 g/mol. The van der Waals surface area contributed by atoms with Gasteiger partial charge in [0.1, 0.15) is 0 Å². The van der Waals surface area contributed by atoms with E-state index in [0.29, 0.717) is 18.0 Å². The van der Waals surface area contributed by atoms with Gasteiger partial charge in [0, 0.05) is 19.1 Å². The van der Waals surface area contributed by atoms with E-state index in [2.05, 4.69) is 19.2 Å². The third-order valence-electron chi connectivity index (χ3n) is 4.53. The Morgan fingerprint density at radius 2 is 1.95 bits per heavy atom. The van der Waals surface area contributed by atoms with Crippen molar-refractivity contribution in [1.29, 1.82) is 0 Å². The Bertz CT molecular complexity index is 320. The van der Waals surface area contributed by atoms with E-state index in [1.54, 1.807) is 0 Å². The fourth-order valence-electron chi connectivity index (χ4n) is 3.41. The van der Waals surface area contributed by atoms with Crippen LogP contribution in [0.25, 0.3) is 0 Å². The number of carbonyl (C=O) groups is 1. The summed E-state index contributed by atoms with van der Waals surface area (Å²) in [5, 5.41) is 3.47. The second kappa shape index (κ2) is 5.80. The summed E-state index contributed by atoms with van der Waals surface area (Å²) in [6.07, 6.45) is 4.01. The highest BCUT2D eigenvalue weighted by atomic mass is 16.5. The Kier molecular flexibility index (Phi) is 4.51. The number of nitrogens with zero attached hydrogens (tertiary/aromatic N) is 1. The lowest BCUT2D eigenvalue weighted by atomic mass is 9.87. The summed E-state index contributed by atoms with van der Waals surface area (Å²) in [7, 11) is 0. The molecule has 0 unspecified atom stereocenters. The molecule has 0 bridgehead atoms. The van der Waals surface area contributed by atoms with E-state index < -0.39 is 0 Å². The maximum atomic E-state index is 12.3. The van der Waals surface area contributed by atoms with Gasteiger partial charge in [0.25, 0.3) is 0 Å². The Balaban J connectivity index is 1.81. The maximum absolute atomic E-state index is 12.3. The summed E-state index contributed by atoms with van der Waals surface area (Å²) in [4.78, 5) is 14.2. The van der Waals surface area contributed by atoms with E-state index in [1.165, 1.54) is 19.3 Å². The molecule has 0 radical (unpaired) electrons. The van der Waals surface area contributed by atoms with Crippen molar-refractivity contribution in [2.24, 2.45) is 5.41 Å². The lowest BCUT2D eigenvalue weighted by molar-refractivity contribution is -0.142. The van der Waals surface area contributed by atoms with Crippen molar-refractivity contribution in [2.45, 2.75) is 65.2 Å². The van der Waals surface area contributed by atoms with Crippen LogP contribution in [0, 0.1) is 5.41 Å². The van der Waals surface area contributed by atoms with E-state index in [4.69, 9.17) is 4.74 Å². The summed E-state index contributed by atoms with van der Waals surface area (Å²) < 4.78 is 5.66. The number of hydrogen-bond donors (Lipinski definition) is 1. The van der Waals surface area contributed by atoms with E-state index in [9.17, 15) is 4.79 Å². The highest BCUT2D eigenvalue weighted by molar-refractivity contribution is 5.78. The van der Waals surface area contributed by atoms with Gasteiger partial charge in [0.15, 0.2) is 0 Å². The molecule has 3 atom stereocenters. The zero-order valence-electron chi connectivity index (χ0n) is 12.7. The lowest BCUT2D eigenvalue weighted by Crippen LogP contribution is -2.52. The average molecular weight is 268 g/mol. The smallest absolute Gasteiger partial charge is 0.236 e. The molecule has 2 aliphatic rings. The van der Waals surface area contributed by atoms with Crippen LogP contribution in [0.5, 0.6) is 0 Å². The first-order valence-corrected chi connectivity index (χ1v) is 7.55. The van der Waals surface area contributed by atoms with Crippen LogP contribution in [-0.4, -0.2) is 48.7 Å². The monoisotopic (exact) mass is 268 g/mol. The van der Waals surface area contributed by atoms with Crippen molar-refractivity contribution in [3.05, 3.63) is 0 Å². The molecule has 1 saturated heterocycles. The molecule has 1 heterocycles. The molecule has 1 aliphatic heterocycles. The summed E-state index contributed by atoms with van der Waals surface area (Å²) in [5.41, 5.74) is 0.325. The van der Waals surface area contributed by atoms with Crippen LogP contribution in [-0.2, 0) is 9.53 Å². The van der Waals surface area contributed by atoms with Crippen molar-refractivity contribution in [1.82, 2.24) is 10.2 Å². The number of carbonyl (C=O) groups excluding carboxylic acids is 1. The summed E-state index contributed by atoms with van der Waals surface area (Å²) in [6.45, 7) is 10.6. The largest absolute Gasteiger partial charge is 0.372 e. The van der Waals surface area contributed by atoms with Crippen LogP contribution in [0.1, 0.15) is 47.0 Å². The van der Waals surface area contributed by atoms with Gasteiger partial charge in [-0.2, -0.15) is 0 Å². The normalized spacial score (nSPS) is 34.5. The van der Waals surface area contributed by atoms with E-state index in [1.807, 2.05) is 18.7 Å². The summed E-state index contributed by atoms with van der Waals surface area (Å²) >= 11 is 0. The van der Waals surface area contributed by atoms with Gasteiger partial charge >= 0.3 is 0 Å². The highest BCUT2D eigenvalue weighted by Gasteiger charge is 2.35. The fourth-order valence-corrected chi connectivity index (χ4v) is 3.41. The van der Waals surface area contributed by atoms with Crippen molar-refractivity contribution in [3.8, 4) is 0 Å². The van der Waals surface area contributed by atoms with Crippen LogP contribution in [0.15, 0.2) is 0 Å². The first-order valence-electron chi connectivity index (χ1n) is 7.55. The molecule has 2 fully saturated rings. The third-order valence-corrected chi connectivity index (χ3v) is 4.53. The summed E-state index contributed by atoms with van der Waals surface area (Å²) in [5.74, 6) is 0.213. The average Bonchev–Trinajstić information content (AvgIpc) is 2.64. The van der Waals surface area contributed by atoms with Gasteiger partial charge in [0.05, 0.1) is 18.8 Å². The second-order valence-corrected chi connectivity index (χ2v) is 6.87. The second-order valence-electron chi connectivity index (χ2n) is 6.87. The molecule has 1 N–H and O–H groups in total. The molecule has 1 amide bonds. The Morgan fingerprint density at radius 1 is 1.32 bits per heavy atom. The third kappa shape index (κ3) is 3.69. The Labute approximate surface area is 116 Å². The van der Waals surface area contributed by atoms with Gasteiger partial charge in [-0.15, -0.1) is 0 Å². The maximum Gasteiger partial charge on any atom is 0.236 e. The van der Waals surface area contributed by atoms with Crippen LogP contribution in [0.4, 0.5) is 0 Å². The van der Waals surface area contributed by atoms with Crippen LogP contribution in [0.3, 0.4) is 0 Å². The van der Waals surface area contributed by atoms with Gasteiger partial charge in [-0.3, -0.25) is 4.79 Å². The quantitative estimate of drug-likeness (QED) is 0.848. The Hall–Kier alpha value is -0.610. The minimum absolute atomic E-state index is 0.149. The molecular formula is C15H28N2O2. The van der Waals surface area contributed by atoms with E-state index in [0.717, 1.165) is 13.1 Å². The van der Waals surface area contributed by atoms with Crippen LogP contribution >= 0.6 is 0 Å². The number of nitrogens with one attached hydrogen (secondary N) is 1. The predicted molar refractivity (Wildman–Crippen MR) is 76.0 cm³/mol. The molecule has 110 valence electrons. The standard InChI is InChI=1S/C15H28N2O2/c1-11-9-17(10-12(2)19-11)14(18)8-16-13-6-5-7-15(13,3)4/h11-13,16H,5-10H2,1-4H3/t11-,12+,13-/m1/s1. The minimum atomic E-state index is 0.149. The SMILES string of the molecule is C[C@@H]1CN(C(=O)CN[C@@H]2CCCC2(C)C)C[C@H](C)O1. The van der Waals surface area contributed by atoms with Crippen molar-refractivity contribution in [3.63, 3.8) is 0 Å². The first kappa shape index (κ1) is 14.8. The Morgan fingerprint density at radius 3 is 2.47 bits per heavy atom. The zero-order chi connectivity index (χ0) is 14.0. The number of hydrogen-bond acceptors (Lipinski definition) is 3. The van der Waals surface area contributed by atoms with Gasteiger partial charge in [-0.25, -0.2) is 0 Å². The number of rotatable bonds is 3. The molecule has 1 saturated carbocycles. The van der Waals surface area contributed by atoms with Gasteiger partial charge < -0.3 is 15.0 Å². The molecule has 0 spiro atoms. The first-order chi connectivity index (χ1) is 8.88. The number of morpholine rings is 1. The molecule has 19 heavy (non-hydrogen) atoms. The molecule has 0 aromatic heterocycles. The van der Waals surface area contributed by atoms with Gasteiger partial charge in [0.2, 0.25) is 5.91 Å². The summed E-state index contributed by atoms with van der Waals surface area (Å²) in [6, 6.07) is 0.479. The molecule has 0 aromatic rings. The minimum Gasteiger partial charge on any atom is -0.372 e. The highest BCUT2D eigenvalue weighted by Crippen LogP contribution is 2.37. The molecule has 2 rings (SSSR count).